The van der Waals surface area contributed by atoms with E-state index >= 15 is 0 Å². The third-order valence-corrected chi connectivity index (χ3v) is 6.96. The van der Waals surface area contributed by atoms with Crippen LogP contribution in [0.1, 0.15) is 0 Å². The zero-order chi connectivity index (χ0) is 4.65. The van der Waals surface area contributed by atoms with Crippen molar-refractivity contribution in [3.8, 4) is 0 Å². The molecule has 1 aromatic rings. The molecule has 4 rings (SSSR count). The molecule has 0 saturated heterocycles. The molecule has 0 saturated carbocycles. The lowest BCUT2D eigenvalue weighted by Crippen LogP contribution is -1.91. The van der Waals surface area contributed by atoms with Crippen LogP contribution in [0, 0.1) is 0 Å². The molecule has 1 nitrogen and oxygen atoms in total. The molecule has 1 aromatic heterocycles. The van der Waals surface area contributed by atoms with Gasteiger partial charge in [-0.1, -0.05) is 0 Å². The van der Waals surface area contributed by atoms with Crippen molar-refractivity contribution in [2.24, 2.45) is 0 Å². The van der Waals surface area contributed by atoms with Gasteiger partial charge >= 0.3 is 0 Å². The number of hydrogen-bond acceptors (Lipinski definition) is 1. The summed E-state index contributed by atoms with van der Waals surface area (Å²) in [6.45, 7) is 0. The van der Waals surface area contributed by atoms with E-state index in [4.69, 9.17) is 0 Å². The monoisotopic (exact) mass is 128 g/mol. The van der Waals surface area contributed by atoms with Crippen LogP contribution in [-0.2, 0) is 4.57 Å². The predicted molar refractivity (Wildman–Crippen MR) is 32.5 cm³/mol. The van der Waals surface area contributed by atoms with Crippen LogP contribution >= 0.6 is 15.3 Å². The second-order valence-corrected chi connectivity index (χ2v) is 6.07. The zero-order valence-electron chi connectivity index (χ0n) is 3.43. The van der Waals surface area contributed by atoms with E-state index in [0.717, 1.165) is 8.19 Å². The molecule has 3 aliphatic heterocycles. The van der Waals surface area contributed by atoms with Crippen molar-refractivity contribution in [3.05, 3.63) is 5.80 Å². The third-order valence-electron chi connectivity index (χ3n) is 1.68. The van der Waals surface area contributed by atoms with Gasteiger partial charge in [0.1, 0.15) is 0 Å². The summed E-state index contributed by atoms with van der Waals surface area (Å²) in [6.07, 6.45) is 0. The Bertz CT molecular complexity index is 270. The van der Waals surface area contributed by atoms with Crippen LogP contribution in [0.4, 0.5) is 0 Å². The standard InChI is InChI=1S/C4H2OP2/c5-7-2-1-6-4(7)3(2)7/h1,6H. The van der Waals surface area contributed by atoms with E-state index < -0.39 is 7.14 Å². The van der Waals surface area contributed by atoms with Crippen LogP contribution in [0.3, 0.4) is 0 Å². The van der Waals surface area contributed by atoms with Crippen molar-refractivity contribution in [1.82, 2.24) is 0 Å². The number of hydrogen-bond donors (Lipinski definition) is 0. The van der Waals surface area contributed by atoms with Gasteiger partial charge in [-0.25, -0.2) is 0 Å². The highest BCUT2D eigenvalue weighted by Gasteiger charge is 2.67. The van der Waals surface area contributed by atoms with E-state index in [-0.39, 0.29) is 0 Å². The van der Waals surface area contributed by atoms with Crippen molar-refractivity contribution in [1.29, 1.82) is 0 Å². The summed E-state index contributed by atoms with van der Waals surface area (Å²) < 4.78 is 11.0. The van der Waals surface area contributed by atoms with Gasteiger partial charge < -0.3 is 4.57 Å². The Morgan fingerprint density at radius 3 is 2.57 bits per heavy atom. The SMILES string of the molecule is O=P12c3c[pH]c1c32. The summed E-state index contributed by atoms with van der Waals surface area (Å²) >= 11 is 0. The fourth-order valence-electron chi connectivity index (χ4n) is 1.12. The maximum Gasteiger partial charge on any atom is 0.178 e. The van der Waals surface area contributed by atoms with Gasteiger partial charge in [-0.3, -0.25) is 0 Å². The predicted octanol–water partition coefficient (Wildman–Crippen LogP) is -0.0159. The van der Waals surface area contributed by atoms with Gasteiger partial charge in [0, 0.05) is 15.6 Å². The summed E-state index contributed by atoms with van der Waals surface area (Å²) in [7, 11) is -0.767. The van der Waals surface area contributed by atoms with Crippen molar-refractivity contribution in [2.45, 2.75) is 0 Å². The second kappa shape index (κ2) is 0.521. The van der Waals surface area contributed by atoms with Gasteiger partial charge in [0.15, 0.2) is 7.14 Å². The Labute approximate surface area is 42.2 Å². The van der Waals surface area contributed by atoms with Gasteiger partial charge in [0.05, 0.1) is 0 Å². The second-order valence-electron chi connectivity index (χ2n) is 1.98. The van der Waals surface area contributed by atoms with Crippen LogP contribution in [0.25, 0.3) is 0 Å². The van der Waals surface area contributed by atoms with Crippen molar-refractivity contribution in [2.75, 3.05) is 0 Å². The minimum atomic E-state index is -1.59. The summed E-state index contributed by atoms with van der Waals surface area (Å²) in [4.78, 5) is 0. The van der Waals surface area contributed by atoms with Crippen LogP contribution in [0.5, 0.6) is 0 Å². The van der Waals surface area contributed by atoms with E-state index in [1.165, 1.54) is 15.6 Å². The smallest absolute Gasteiger partial charge is 0.178 e. The molecule has 3 aliphatic rings. The minimum absolute atomic E-state index is 0.819. The van der Waals surface area contributed by atoms with Gasteiger partial charge in [-0.05, 0) is 5.80 Å². The minimum Gasteiger partial charge on any atom is -0.308 e. The van der Waals surface area contributed by atoms with E-state index in [1.54, 1.807) is 0 Å². The van der Waals surface area contributed by atoms with Gasteiger partial charge in [0.2, 0.25) is 0 Å². The first-order chi connectivity index (χ1) is 3.35. The lowest BCUT2D eigenvalue weighted by Gasteiger charge is -1.65. The molecule has 34 valence electrons. The summed E-state index contributed by atoms with van der Waals surface area (Å²) in [5.41, 5.74) is 0. The number of fused-ring (bicyclic) bond motifs is 1. The Balaban J connectivity index is 2.90. The van der Waals surface area contributed by atoms with Crippen molar-refractivity contribution in [3.63, 3.8) is 0 Å². The molecule has 0 radical (unpaired) electrons. The molecule has 0 fully saturated rings. The van der Waals surface area contributed by atoms with Crippen LogP contribution in [0.2, 0.25) is 0 Å². The highest BCUT2D eigenvalue weighted by atomic mass is 31.2. The van der Waals surface area contributed by atoms with Crippen LogP contribution < -0.4 is 15.6 Å². The highest BCUT2D eigenvalue weighted by molar-refractivity contribution is 8.12. The zero-order valence-corrected chi connectivity index (χ0v) is 5.33. The molecule has 0 amide bonds. The highest BCUT2D eigenvalue weighted by Crippen LogP contribution is 2.70. The molecular weight excluding hydrogens is 126 g/mol. The largest absolute Gasteiger partial charge is 0.308 e. The average molecular weight is 128 g/mol. The topological polar surface area (TPSA) is 17.1 Å². The van der Waals surface area contributed by atoms with Crippen molar-refractivity contribution >= 4 is 31.0 Å². The summed E-state index contributed by atoms with van der Waals surface area (Å²) in [6, 6.07) is 0. The third kappa shape index (κ3) is 0.132. The molecule has 2 unspecified atom stereocenters. The fourth-order valence-corrected chi connectivity index (χ4v) is 6.95. The van der Waals surface area contributed by atoms with E-state index in [0.29, 0.717) is 0 Å². The van der Waals surface area contributed by atoms with Gasteiger partial charge in [-0.2, -0.15) is 0 Å². The fraction of sp³-hybridized carbons (Fsp3) is 0. The molecule has 4 heterocycles. The quantitative estimate of drug-likeness (QED) is 0.389. The molecule has 0 spiro atoms. The molecule has 0 aromatic carbocycles. The summed E-state index contributed by atoms with van der Waals surface area (Å²) in [5.74, 6) is 2.13. The molecule has 2 bridgehead atoms. The van der Waals surface area contributed by atoms with E-state index in [2.05, 4.69) is 5.80 Å². The molecular formula is C4H2OP2. The lowest BCUT2D eigenvalue weighted by molar-refractivity contribution is 0.598. The van der Waals surface area contributed by atoms with Crippen LogP contribution in [0.15, 0.2) is 5.80 Å². The molecule has 0 aliphatic carbocycles. The maximum atomic E-state index is 11.0. The Morgan fingerprint density at radius 1 is 1.71 bits per heavy atom. The normalized spacial score (nSPS) is 38.9. The molecule has 0 N–H and O–H groups in total. The van der Waals surface area contributed by atoms with Gasteiger partial charge in [0.25, 0.3) is 0 Å². The first-order valence-electron chi connectivity index (χ1n) is 2.18. The average Bonchev–Trinajstić information content (AvgIpc) is 2.38. The van der Waals surface area contributed by atoms with E-state index in [1.807, 2.05) is 0 Å². The first kappa shape index (κ1) is 3.12. The van der Waals surface area contributed by atoms with Crippen molar-refractivity contribution < 1.29 is 4.57 Å². The first-order valence-corrected chi connectivity index (χ1v) is 4.96. The Morgan fingerprint density at radius 2 is 2.43 bits per heavy atom. The Hall–Kier alpha value is 0.01000. The summed E-state index contributed by atoms with van der Waals surface area (Å²) in [5, 5.41) is 3.84. The molecule has 3 heteroatoms. The lowest BCUT2D eigenvalue weighted by atomic mass is 10.7. The number of rotatable bonds is 0. The molecule has 7 heavy (non-hydrogen) atoms. The van der Waals surface area contributed by atoms with E-state index in [9.17, 15) is 4.57 Å². The van der Waals surface area contributed by atoms with Crippen LogP contribution in [-0.4, -0.2) is 0 Å². The van der Waals surface area contributed by atoms with Gasteiger partial charge in [-0.15, -0.1) is 8.19 Å². The Kier molecular flexibility index (Phi) is 0.232. The molecule has 2 atom stereocenters. The maximum absolute atomic E-state index is 11.0.